The second-order valence-electron chi connectivity index (χ2n) is 34.5. The minimum absolute atomic E-state index is 0. The van der Waals surface area contributed by atoms with Crippen LogP contribution in [0.5, 0.6) is 0 Å². The molecule has 0 amide bonds. The largest absolute Gasteiger partial charge is 0.412 e. The lowest BCUT2D eigenvalue weighted by atomic mass is 10.1. The summed E-state index contributed by atoms with van der Waals surface area (Å²) in [5, 5.41) is 23.6. The molecule has 9 rings (SSSR count). The number of halogens is 1. The molecule has 0 saturated carbocycles. The topological polar surface area (TPSA) is 457 Å². The molecule has 0 bridgehead atoms. The van der Waals surface area contributed by atoms with Crippen molar-refractivity contribution in [2.24, 2.45) is 0 Å². The summed E-state index contributed by atoms with van der Waals surface area (Å²) in [7, 11) is -1.23. The Labute approximate surface area is 686 Å². The van der Waals surface area contributed by atoms with Crippen LogP contribution >= 0.6 is 11.1 Å². The van der Waals surface area contributed by atoms with Gasteiger partial charge in [0.15, 0.2) is 63.1 Å². The minimum atomic E-state index is -2.07. The molecule has 0 spiro atoms. The number of aryl methyl sites for hydroxylation is 4. The smallest absolute Gasteiger partial charge is 0.351 e. The first-order valence-corrected chi connectivity index (χ1v) is 50.1. The molecule has 4 unspecified atom stereocenters. The van der Waals surface area contributed by atoms with Gasteiger partial charge in [0, 0.05) is 75.5 Å². The molecule has 5 aromatic heterocycles. The van der Waals surface area contributed by atoms with E-state index in [0.29, 0.717) is 16.4 Å². The van der Waals surface area contributed by atoms with Gasteiger partial charge in [-0.25, -0.2) is 28.8 Å². The van der Waals surface area contributed by atoms with E-state index in [1.54, 1.807) is 46.8 Å². The van der Waals surface area contributed by atoms with Crippen LogP contribution in [0.4, 0.5) is 17.5 Å². The summed E-state index contributed by atoms with van der Waals surface area (Å²) in [6, 6.07) is 0. The molecule has 38 heteroatoms. The van der Waals surface area contributed by atoms with Crippen LogP contribution in [-0.4, -0.2) is 209 Å². The lowest BCUT2D eigenvalue weighted by Crippen LogP contribution is -2.49. The van der Waals surface area contributed by atoms with E-state index in [4.69, 9.17) is 84.6 Å². The summed E-state index contributed by atoms with van der Waals surface area (Å²) < 4.78 is 73.8. The number of aromatic nitrogens is 11. The van der Waals surface area contributed by atoms with Crippen molar-refractivity contribution < 1.29 is 66.9 Å². The van der Waals surface area contributed by atoms with Crippen LogP contribution in [0.25, 0.3) is 5.82 Å². The standard InChI is InChI=1S/C20H33N5O4Si.2C18H33N3O4Si.C11H17N3O5.C6H15ClSi.3CH4.H3N.H2O/c1-9-14-15(29-30(7,8)20(3,4)5)16(27-6)18(28-14)24-10-13(2)17(23-19(24)26)25-12-21-11-22-25;2*1-9-12-13(25-26(7,8)18(3,4)5)14(23-6)16(24-12)21-10-11(2)15(19)20-17(21)22;1-5-3-14(11(17)13-9(5)12)10-8(18-2)7(16)6(4-15)19-10;1-6(2,3)8(4,5)7;;;;;/h10-12,14-16,18H,9H2,1-8H3;2*10,12-14,16H,9H2,1-8H3,(H2,19,20,22);3,6-8,10,15-16H,4H2,1-2H3,(H2,12,13,17);1-5H3;3*1H4;1H3;1H2/t14-,15?,16+,18-;2*12-,13?,14+,16-;6-,7?,8+,10-;;;;;;/m1111....../s1. The van der Waals surface area contributed by atoms with Gasteiger partial charge in [-0.15, -0.1) is 0 Å². The van der Waals surface area contributed by atoms with Gasteiger partial charge in [-0.1, -0.05) is 139 Å². The van der Waals surface area contributed by atoms with E-state index in [1.807, 2.05) is 20.8 Å². The Kier molecular flexibility index (Phi) is 41.0. The van der Waals surface area contributed by atoms with Gasteiger partial charge in [0.1, 0.15) is 85.0 Å². The first-order chi connectivity index (χ1) is 50.1. The number of anilines is 3. The van der Waals surface area contributed by atoms with Crippen molar-refractivity contribution in [3.8, 4) is 5.82 Å². The average Bonchev–Trinajstić information content (AvgIpc) is 1.62. The summed E-state index contributed by atoms with van der Waals surface area (Å²) in [5.74, 6) is 1.06. The van der Waals surface area contributed by atoms with Crippen LogP contribution < -0.4 is 46.1 Å². The molecule has 0 radical (unpaired) electrons. The first-order valence-electron chi connectivity index (χ1n) is 37.3. The van der Waals surface area contributed by atoms with Gasteiger partial charge < -0.3 is 90.2 Å². The van der Waals surface area contributed by atoms with Gasteiger partial charge in [-0.3, -0.25) is 18.3 Å². The number of aliphatic hydroxyl groups is 2. The Morgan fingerprint density at radius 2 is 0.711 bits per heavy atom. The fraction of sp³-hybridized carbons (Fsp3) is 0.763. The van der Waals surface area contributed by atoms with Gasteiger partial charge in [0.2, 0.25) is 0 Å². The predicted molar refractivity (Wildman–Crippen MR) is 462 cm³/mol. The lowest BCUT2D eigenvalue weighted by Gasteiger charge is -2.40. The number of nitrogen functional groups attached to an aromatic ring is 3. The highest BCUT2D eigenvalue weighted by molar-refractivity contribution is 7.20. The summed E-state index contributed by atoms with van der Waals surface area (Å²) in [5.41, 5.74) is 18.0. The number of nitrogens with two attached hydrogens (primary N) is 3. The number of aliphatic hydroxyl groups excluding tert-OH is 2. The van der Waals surface area contributed by atoms with Crippen LogP contribution in [0.1, 0.15) is 193 Å². The van der Waals surface area contributed by atoms with E-state index in [1.165, 1.54) is 48.9 Å². The van der Waals surface area contributed by atoms with E-state index in [-0.39, 0.29) is 110 Å². The van der Waals surface area contributed by atoms with Gasteiger partial charge in [0.05, 0.1) is 24.9 Å². The number of methoxy groups -OCH3 is 4. The van der Waals surface area contributed by atoms with Gasteiger partial charge in [0.25, 0.3) is 0 Å². The molecule has 658 valence electrons. The summed E-state index contributed by atoms with van der Waals surface area (Å²) in [6.45, 7) is 57.0. The third kappa shape index (κ3) is 25.3. The zero-order valence-corrected chi connectivity index (χ0v) is 76.5. The number of hydrogen-bond donors (Lipinski definition) is 6. The van der Waals surface area contributed by atoms with E-state index < -0.39 is 117 Å². The second-order valence-corrected chi connectivity index (χ2v) is 56.0. The van der Waals surface area contributed by atoms with Crippen molar-refractivity contribution in [3.05, 3.63) is 102 Å². The number of rotatable bonds is 19. The van der Waals surface area contributed by atoms with Crippen LogP contribution in [0.2, 0.25) is 72.5 Å². The molecule has 4 fully saturated rings. The maximum Gasteiger partial charge on any atom is 0.351 e. The van der Waals surface area contributed by atoms with Crippen LogP contribution in [0.15, 0.2) is 56.6 Å². The molecule has 0 aromatic carbocycles. The van der Waals surface area contributed by atoms with Crippen molar-refractivity contribution in [1.29, 1.82) is 0 Å². The highest BCUT2D eigenvalue weighted by atomic mass is 35.6. The van der Waals surface area contributed by atoms with Crippen molar-refractivity contribution >= 4 is 60.9 Å². The zero-order chi connectivity index (χ0) is 83.1. The average molecular weight is 1710 g/mol. The Balaban J connectivity index is 0.00000144. The Hall–Kier alpha value is -5.38. The van der Waals surface area contributed by atoms with Gasteiger partial charge in [-0.05, 0) is 106 Å². The molecule has 5 aromatic rings. The summed E-state index contributed by atoms with van der Waals surface area (Å²) in [4.78, 5) is 69.1. The molecule has 4 saturated heterocycles. The molecular weight excluding hydrogens is 1560 g/mol. The third-order valence-corrected chi connectivity index (χ3v) is 41.2. The number of hydrogen-bond acceptors (Lipinski definition) is 27. The molecular formula is C76H148ClN15O18Si4. The fourth-order valence-corrected chi connectivity index (χ4v) is 15.4. The van der Waals surface area contributed by atoms with E-state index in [0.717, 1.165) is 36.0 Å². The molecule has 13 N–H and O–H groups in total. The highest BCUT2D eigenvalue weighted by Crippen LogP contribution is 2.46. The summed E-state index contributed by atoms with van der Waals surface area (Å²) in [6.07, 6.45) is 4.19. The quantitative estimate of drug-likeness (QED) is 0.0330. The number of ether oxygens (including phenoxy) is 8. The normalized spacial score (nSPS) is 25.1. The third-order valence-electron chi connectivity index (χ3n) is 22.5. The van der Waals surface area contributed by atoms with Crippen LogP contribution in [-0.2, 0) is 51.2 Å². The van der Waals surface area contributed by atoms with E-state index in [2.05, 4.69) is 186 Å². The van der Waals surface area contributed by atoms with Crippen molar-refractivity contribution in [2.75, 3.05) is 52.2 Å². The molecule has 4 aliphatic heterocycles. The maximum atomic E-state index is 12.9. The second kappa shape index (κ2) is 43.0. The summed E-state index contributed by atoms with van der Waals surface area (Å²) >= 11 is 6.15. The Morgan fingerprint density at radius 3 is 0.939 bits per heavy atom. The first kappa shape index (κ1) is 109. The van der Waals surface area contributed by atoms with Crippen molar-refractivity contribution in [2.45, 2.75) is 344 Å². The Morgan fingerprint density at radius 1 is 0.456 bits per heavy atom. The number of nitrogens with zero attached hydrogens (tertiary/aromatic N) is 11. The van der Waals surface area contributed by atoms with E-state index in [9.17, 15) is 24.3 Å². The van der Waals surface area contributed by atoms with Crippen LogP contribution in [0, 0.1) is 27.7 Å². The van der Waals surface area contributed by atoms with Gasteiger partial charge in [-0.2, -0.15) is 36.1 Å². The molecule has 33 nitrogen and oxygen atoms in total. The van der Waals surface area contributed by atoms with Crippen LogP contribution in [0.3, 0.4) is 0 Å². The van der Waals surface area contributed by atoms with Crippen molar-refractivity contribution in [1.82, 2.24) is 59.1 Å². The predicted octanol–water partition coefficient (Wildman–Crippen LogP) is 11.4. The molecule has 114 heavy (non-hydrogen) atoms. The molecule has 0 aliphatic carbocycles. The Bertz CT molecular complexity index is 3900. The molecule has 16 atom stereocenters. The fourth-order valence-electron chi connectivity index (χ4n) is 11.4. The zero-order valence-electron chi connectivity index (χ0n) is 71.8. The maximum absolute atomic E-state index is 12.9. The lowest BCUT2D eigenvalue weighted by molar-refractivity contribution is -0.0625. The monoisotopic (exact) mass is 1710 g/mol. The SMILES string of the molecule is C.C.C.CC(C)(C)[Si](C)(C)Cl.CC[C@H]1O[C@@H](n2cc(C)c(-n3cncn3)nc2=O)[C@@H](OC)C1O[Si](C)(C)C(C)(C)C.CC[C@H]1O[C@@H](n2cc(C)c(N)nc2=O)[C@@H](OC)C1O[Si](C)(C)C(C)(C)C.CC[C@H]1O[C@@H](n2cc(C)c(N)nc2=O)[C@@H](OC)C1O[Si](C)(C)C(C)(C)C.CO[C@H]1C(O)[C@@H](CO)O[C@H]1n1cc(C)c(N)nc1=O.N.O. The van der Waals surface area contributed by atoms with E-state index >= 15 is 0 Å². The van der Waals surface area contributed by atoms with Gasteiger partial charge >= 0.3 is 22.8 Å². The van der Waals surface area contributed by atoms with Crippen molar-refractivity contribution in [3.63, 3.8) is 0 Å². The molecule has 4 aliphatic rings. The minimum Gasteiger partial charge on any atom is -0.412 e. The molecule has 9 heterocycles. The highest BCUT2D eigenvalue weighted by Gasteiger charge is 2.55.